The van der Waals surface area contributed by atoms with E-state index in [0.717, 1.165) is 0 Å². The lowest BCUT2D eigenvalue weighted by Gasteiger charge is -2.08. The van der Waals surface area contributed by atoms with Crippen molar-refractivity contribution in [2.24, 2.45) is 0 Å². The third-order valence-corrected chi connectivity index (χ3v) is 3.23. The molecule has 0 aliphatic rings. The number of amides is 1. The minimum Gasteiger partial charge on any atom is -0.481 e. The van der Waals surface area contributed by atoms with Crippen LogP contribution < -0.4 is 15.8 Å². The summed E-state index contributed by atoms with van der Waals surface area (Å²) in [5.74, 6) is 0.0264. The van der Waals surface area contributed by atoms with Crippen LogP contribution in [0.25, 0.3) is 0 Å². The van der Waals surface area contributed by atoms with E-state index in [0.29, 0.717) is 11.6 Å². The molecule has 0 radical (unpaired) electrons. The molecule has 8 heteroatoms. The number of carbonyl (C=O) groups is 1. The molecule has 0 fully saturated rings. The van der Waals surface area contributed by atoms with Gasteiger partial charge in [0.15, 0.2) is 0 Å². The number of carbonyl (C=O) groups excluding carboxylic acids is 1. The average molecular weight is 327 g/mol. The zero-order valence-corrected chi connectivity index (χ0v) is 12.8. The second-order valence-corrected chi connectivity index (χ2v) is 5.00. The third kappa shape index (κ3) is 3.53. The van der Waals surface area contributed by atoms with Crippen LogP contribution in [0.5, 0.6) is 5.88 Å². The first-order chi connectivity index (χ1) is 9.90. The normalized spacial score (nSPS) is 10.3. The first-order valence-electron chi connectivity index (χ1n) is 5.86. The maximum Gasteiger partial charge on any atom is 0.258 e. The van der Waals surface area contributed by atoms with Crippen LogP contribution in [0.2, 0.25) is 10.0 Å². The Morgan fingerprint density at radius 2 is 1.86 bits per heavy atom. The molecule has 0 saturated carbocycles. The van der Waals surface area contributed by atoms with E-state index in [4.69, 9.17) is 33.7 Å². The Hall–Kier alpha value is -2.05. The lowest BCUT2D eigenvalue weighted by molar-refractivity contribution is 0.102. The number of nitrogen functional groups attached to an aromatic ring is 1. The van der Waals surface area contributed by atoms with E-state index in [2.05, 4.69) is 15.3 Å². The molecule has 6 nitrogen and oxygen atoms in total. The predicted octanol–water partition coefficient (Wildman–Crippen LogP) is 2.93. The van der Waals surface area contributed by atoms with E-state index in [-0.39, 0.29) is 27.2 Å². The molecule has 0 aliphatic carbocycles. The van der Waals surface area contributed by atoms with Gasteiger partial charge in [-0.3, -0.25) is 10.1 Å². The number of benzene rings is 1. The topological polar surface area (TPSA) is 90.1 Å². The highest BCUT2D eigenvalue weighted by Crippen LogP contribution is 2.29. The van der Waals surface area contributed by atoms with Crippen LogP contribution in [0, 0.1) is 6.92 Å². The number of nitrogens with zero attached hydrogens (tertiary/aromatic N) is 2. The van der Waals surface area contributed by atoms with Crippen molar-refractivity contribution in [3.63, 3.8) is 0 Å². The summed E-state index contributed by atoms with van der Waals surface area (Å²) in [6.45, 7) is 1.76. The van der Waals surface area contributed by atoms with E-state index < -0.39 is 5.91 Å². The molecule has 21 heavy (non-hydrogen) atoms. The average Bonchev–Trinajstić information content (AvgIpc) is 2.43. The van der Waals surface area contributed by atoms with Gasteiger partial charge in [-0.05, 0) is 19.1 Å². The lowest BCUT2D eigenvalue weighted by atomic mass is 10.2. The van der Waals surface area contributed by atoms with Crippen molar-refractivity contribution >= 4 is 40.7 Å². The summed E-state index contributed by atoms with van der Waals surface area (Å²) in [5.41, 5.74) is 6.76. The van der Waals surface area contributed by atoms with Crippen molar-refractivity contribution in [2.45, 2.75) is 6.92 Å². The molecule has 0 bridgehead atoms. The summed E-state index contributed by atoms with van der Waals surface area (Å²) in [6.07, 6.45) is 0. The maximum absolute atomic E-state index is 12.2. The van der Waals surface area contributed by atoms with Gasteiger partial charge >= 0.3 is 0 Å². The fraction of sp³-hybridized carbons (Fsp3) is 0.154. The van der Waals surface area contributed by atoms with Crippen LogP contribution in [0.15, 0.2) is 18.2 Å². The van der Waals surface area contributed by atoms with Crippen LogP contribution in [-0.4, -0.2) is 23.0 Å². The summed E-state index contributed by atoms with van der Waals surface area (Å²) >= 11 is 11.8. The van der Waals surface area contributed by atoms with Gasteiger partial charge in [0.1, 0.15) is 0 Å². The Kier molecular flexibility index (Phi) is 4.50. The van der Waals surface area contributed by atoms with Crippen molar-refractivity contribution in [3.8, 4) is 5.88 Å². The monoisotopic (exact) mass is 326 g/mol. The van der Waals surface area contributed by atoms with Crippen molar-refractivity contribution in [2.75, 3.05) is 18.2 Å². The van der Waals surface area contributed by atoms with E-state index in [9.17, 15) is 4.79 Å². The molecule has 0 atom stereocenters. The Morgan fingerprint density at radius 1 is 1.24 bits per heavy atom. The van der Waals surface area contributed by atoms with Gasteiger partial charge in [0.25, 0.3) is 5.91 Å². The minimum atomic E-state index is -0.452. The standard InChI is InChI=1S/C13H12Cl2N4O2/c1-6-3-10(21-2)18-13(17-6)19-12(20)7-4-8(14)11(16)9(15)5-7/h3-5H,16H2,1-2H3,(H,17,18,19,20). The Labute approximate surface area is 131 Å². The number of halogens is 2. The number of methoxy groups -OCH3 is 1. The van der Waals surface area contributed by atoms with Gasteiger partial charge < -0.3 is 10.5 Å². The van der Waals surface area contributed by atoms with Gasteiger partial charge in [-0.25, -0.2) is 4.98 Å². The molecule has 0 saturated heterocycles. The Balaban J connectivity index is 2.28. The highest BCUT2D eigenvalue weighted by Gasteiger charge is 2.13. The second-order valence-electron chi connectivity index (χ2n) is 4.18. The fourth-order valence-electron chi connectivity index (χ4n) is 1.59. The molecule has 110 valence electrons. The van der Waals surface area contributed by atoms with E-state index in [1.54, 1.807) is 13.0 Å². The molecule has 0 unspecified atom stereocenters. The molecule has 0 aliphatic heterocycles. The number of hydrogen-bond donors (Lipinski definition) is 2. The van der Waals surface area contributed by atoms with Gasteiger partial charge in [0, 0.05) is 17.3 Å². The second kappa shape index (κ2) is 6.15. The fourth-order valence-corrected chi connectivity index (χ4v) is 2.08. The summed E-state index contributed by atoms with van der Waals surface area (Å²) in [6, 6.07) is 4.49. The minimum absolute atomic E-state index is 0.126. The van der Waals surface area contributed by atoms with Crippen molar-refractivity contribution in [1.29, 1.82) is 0 Å². The molecular formula is C13H12Cl2N4O2. The van der Waals surface area contributed by atoms with E-state index in [1.807, 2.05) is 0 Å². The van der Waals surface area contributed by atoms with Crippen molar-refractivity contribution in [3.05, 3.63) is 39.5 Å². The first-order valence-corrected chi connectivity index (χ1v) is 6.62. The number of anilines is 2. The van der Waals surface area contributed by atoms with Gasteiger partial charge in [-0.1, -0.05) is 23.2 Å². The number of rotatable bonds is 3. The lowest BCUT2D eigenvalue weighted by Crippen LogP contribution is -2.15. The molecule has 1 aromatic heterocycles. The van der Waals surface area contributed by atoms with Crippen LogP contribution in [-0.2, 0) is 0 Å². The summed E-state index contributed by atoms with van der Waals surface area (Å²) < 4.78 is 5.02. The zero-order chi connectivity index (χ0) is 15.6. The SMILES string of the molecule is COc1cc(C)nc(NC(=O)c2cc(Cl)c(N)c(Cl)c2)n1. The highest BCUT2D eigenvalue weighted by atomic mass is 35.5. The molecular weight excluding hydrogens is 315 g/mol. The zero-order valence-electron chi connectivity index (χ0n) is 11.3. The van der Waals surface area contributed by atoms with Crippen molar-refractivity contribution in [1.82, 2.24) is 9.97 Å². The summed E-state index contributed by atoms with van der Waals surface area (Å²) in [7, 11) is 1.48. The molecule has 2 rings (SSSR count). The number of ether oxygens (including phenoxy) is 1. The first kappa shape index (κ1) is 15.3. The number of nitrogens with two attached hydrogens (primary N) is 1. The highest BCUT2D eigenvalue weighted by molar-refractivity contribution is 6.39. The largest absolute Gasteiger partial charge is 0.481 e. The van der Waals surface area contributed by atoms with Crippen molar-refractivity contribution < 1.29 is 9.53 Å². The smallest absolute Gasteiger partial charge is 0.258 e. The molecule has 0 spiro atoms. The number of nitrogens with one attached hydrogen (secondary N) is 1. The molecule has 2 aromatic rings. The number of hydrogen-bond acceptors (Lipinski definition) is 5. The Bertz CT molecular complexity index is 684. The van der Waals surface area contributed by atoms with E-state index >= 15 is 0 Å². The number of aromatic nitrogens is 2. The molecule has 1 aromatic carbocycles. The van der Waals surface area contributed by atoms with Gasteiger partial charge in [0.2, 0.25) is 11.8 Å². The van der Waals surface area contributed by atoms with Gasteiger partial charge in [-0.2, -0.15) is 4.98 Å². The van der Waals surface area contributed by atoms with Crippen LogP contribution in [0.3, 0.4) is 0 Å². The van der Waals surface area contributed by atoms with Gasteiger partial charge in [-0.15, -0.1) is 0 Å². The molecule has 1 amide bonds. The predicted molar refractivity (Wildman–Crippen MR) is 82.1 cm³/mol. The molecule has 3 N–H and O–H groups in total. The van der Waals surface area contributed by atoms with Gasteiger partial charge in [0.05, 0.1) is 22.8 Å². The van der Waals surface area contributed by atoms with E-state index in [1.165, 1.54) is 19.2 Å². The third-order valence-electron chi connectivity index (χ3n) is 2.61. The summed E-state index contributed by atoms with van der Waals surface area (Å²) in [4.78, 5) is 20.3. The summed E-state index contributed by atoms with van der Waals surface area (Å²) in [5, 5.41) is 2.96. The van der Waals surface area contributed by atoms with Crippen LogP contribution >= 0.6 is 23.2 Å². The molecule has 1 heterocycles. The van der Waals surface area contributed by atoms with Crippen LogP contribution in [0.1, 0.15) is 16.1 Å². The van der Waals surface area contributed by atoms with Crippen LogP contribution in [0.4, 0.5) is 11.6 Å². The Morgan fingerprint density at radius 3 is 2.43 bits per heavy atom. The number of aryl methyl sites for hydroxylation is 1. The maximum atomic E-state index is 12.2. The quantitative estimate of drug-likeness (QED) is 0.846.